The first kappa shape index (κ1) is 20.2. The van der Waals surface area contributed by atoms with Gasteiger partial charge in [-0.1, -0.05) is 35.9 Å². The Balaban J connectivity index is 1.55. The van der Waals surface area contributed by atoms with Crippen molar-refractivity contribution >= 4 is 35.0 Å². The zero-order chi connectivity index (χ0) is 22.1. The summed E-state index contributed by atoms with van der Waals surface area (Å²) in [6.07, 6.45) is 3.77. The molecule has 32 heavy (non-hydrogen) atoms. The Bertz CT molecular complexity index is 1230. The molecule has 0 unspecified atom stereocenters. The van der Waals surface area contributed by atoms with Gasteiger partial charge >= 0.3 is 0 Å². The van der Waals surface area contributed by atoms with Crippen molar-refractivity contribution in [3.63, 3.8) is 0 Å². The Labute approximate surface area is 191 Å². The summed E-state index contributed by atoms with van der Waals surface area (Å²) in [4.78, 5) is 15.2. The SMILES string of the molecule is CCOc1ccc(/C=C2\C=C(c3ccc(Cl)cc3)N(c3ccc4c(c3)OCO4)C2=O)cc1. The first-order valence-corrected chi connectivity index (χ1v) is 10.7. The number of halogens is 1. The summed E-state index contributed by atoms with van der Waals surface area (Å²) in [7, 11) is 0. The van der Waals surface area contributed by atoms with Crippen LogP contribution in [0.15, 0.2) is 78.4 Å². The van der Waals surface area contributed by atoms with Crippen molar-refractivity contribution in [2.75, 3.05) is 18.3 Å². The third-order valence-corrected chi connectivity index (χ3v) is 5.50. The third-order valence-electron chi connectivity index (χ3n) is 5.25. The van der Waals surface area contributed by atoms with Gasteiger partial charge in [-0.05, 0) is 66.6 Å². The van der Waals surface area contributed by atoms with Gasteiger partial charge in [0.15, 0.2) is 11.5 Å². The van der Waals surface area contributed by atoms with Gasteiger partial charge in [0.05, 0.1) is 18.0 Å². The molecule has 2 heterocycles. The van der Waals surface area contributed by atoms with Crippen LogP contribution >= 0.6 is 11.6 Å². The number of amides is 1. The summed E-state index contributed by atoms with van der Waals surface area (Å²) >= 11 is 6.08. The molecular weight excluding hydrogens is 426 g/mol. The number of anilines is 1. The van der Waals surface area contributed by atoms with E-state index in [9.17, 15) is 4.79 Å². The van der Waals surface area contributed by atoms with E-state index in [1.165, 1.54) is 0 Å². The van der Waals surface area contributed by atoms with E-state index in [2.05, 4.69) is 0 Å². The molecule has 0 fully saturated rings. The first-order valence-electron chi connectivity index (χ1n) is 10.3. The maximum atomic E-state index is 13.5. The highest BCUT2D eigenvalue weighted by Crippen LogP contribution is 2.41. The molecule has 5 rings (SSSR count). The van der Waals surface area contributed by atoms with Gasteiger partial charge in [0.1, 0.15) is 5.75 Å². The second kappa shape index (κ2) is 8.44. The lowest BCUT2D eigenvalue weighted by Crippen LogP contribution is -2.24. The van der Waals surface area contributed by atoms with E-state index in [0.29, 0.717) is 34.4 Å². The fraction of sp³-hybridized carbons (Fsp3) is 0.115. The van der Waals surface area contributed by atoms with Crippen LogP contribution in [-0.4, -0.2) is 19.3 Å². The minimum Gasteiger partial charge on any atom is -0.494 e. The van der Waals surface area contributed by atoms with Crippen molar-refractivity contribution in [1.29, 1.82) is 0 Å². The first-order chi connectivity index (χ1) is 15.6. The van der Waals surface area contributed by atoms with E-state index in [4.69, 9.17) is 25.8 Å². The lowest BCUT2D eigenvalue weighted by atomic mass is 10.1. The van der Waals surface area contributed by atoms with Crippen molar-refractivity contribution in [1.82, 2.24) is 0 Å². The summed E-state index contributed by atoms with van der Waals surface area (Å²) in [5.41, 5.74) is 3.85. The highest BCUT2D eigenvalue weighted by molar-refractivity contribution is 6.30. The number of carbonyl (C=O) groups excluding carboxylic acids is 1. The molecule has 5 nitrogen and oxygen atoms in total. The predicted octanol–water partition coefficient (Wildman–Crippen LogP) is 5.94. The minimum absolute atomic E-state index is 0.122. The highest BCUT2D eigenvalue weighted by Gasteiger charge is 2.31. The van der Waals surface area contributed by atoms with Gasteiger partial charge < -0.3 is 14.2 Å². The number of ether oxygens (including phenoxy) is 3. The fourth-order valence-corrected chi connectivity index (χ4v) is 3.86. The second-order valence-electron chi connectivity index (χ2n) is 7.32. The molecule has 0 saturated carbocycles. The lowest BCUT2D eigenvalue weighted by molar-refractivity contribution is -0.113. The van der Waals surface area contributed by atoms with Crippen LogP contribution in [0.3, 0.4) is 0 Å². The number of hydrogen-bond acceptors (Lipinski definition) is 4. The number of nitrogens with zero attached hydrogens (tertiary/aromatic N) is 1. The Morgan fingerprint density at radius 2 is 1.75 bits per heavy atom. The maximum Gasteiger partial charge on any atom is 0.262 e. The van der Waals surface area contributed by atoms with Gasteiger partial charge in [0.25, 0.3) is 5.91 Å². The molecule has 0 saturated heterocycles. The molecule has 0 aliphatic carbocycles. The molecule has 6 heteroatoms. The Kier molecular flexibility index (Phi) is 5.33. The van der Waals surface area contributed by atoms with Crippen LogP contribution in [0.5, 0.6) is 17.2 Å². The molecule has 0 atom stereocenters. The van der Waals surface area contributed by atoms with Crippen LogP contribution in [0.2, 0.25) is 5.02 Å². The molecule has 0 radical (unpaired) electrons. The molecule has 2 aliphatic heterocycles. The minimum atomic E-state index is -0.122. The number of fused-ring (bicyclic) bond motifs is 1. The normalized spacial score (nSPS) is 15.9. The summed E-state index contributed by atoms with van der Waals surface area (Å²) in [6, 6.07) is 20.6. The molecule has 3 aromatic carbocycles. The molecule has 160 valence electrons. The van der Waals surface area contributed by atoms with E-state index in [-0.39, 0.29) is 12.7 Å². The smallest absolute Gasteiger partial charge is 0.262 e. The summed E-state index contributed by atoms with van der Waals surface area (Å²) < 4.78 is 16.4. The molecular formula is C26H20ClNO4. The molecule has 1 amide bonds. The van der Waals surface area contributed by atoms with Crippen molar-refractivity contribution in [2.24, 2.45) is 0 Å². The largest absolute Gasteiger partial charge is 0.494 e. The van der Waals surface area contributed by atoms with Crippen LogP contribution in [0.4, 0.5) is 5.69 Å². The highest BCUT2D eigenvalue weighted by atomic mass is 35.5. The summed E-state index contributed by atoms with van der Waals surface area (Å²) in [5, 5.41) is 0.637. The van der Waals surface area contributed by atoms with E-state index in [1.54, 1.807) is 4.90 Å². The predicted molar refractivity (Wildman–Crippen MR) is 125 cm³/mol. The van der Waals surface area contributed by atoms with Gasteiger partial charge in [-0.3, -0.25) is 9.69 Å². The van der Waals surface area contributed by atoms with E-state index < -0.39 is 0 Å². The van der Waals surface area contributed by atoms with Crippen molar-refractivity contribution in [2.45, 2.75) is 6.92 Å². The Hall–Kier alpha value is -3.70. The molecule has 0 bridgehead atoms. The molecule has 0 aromatic heterocycles. The maximum absolute atomic E-state index is 13.5. The van der Waals surface area contributed by atoms with Gasteiger partial charge in [0.2, 0.25) is 6.79 Å². The quantitative estimate of drug-likeness (QED) is 0.456. The zero-order valence-electron chi connectivity index (χ0n) is 17.4. The number of rotatable bonds is 5. The zero-order valence-corrected chi connectivity index (χ0v) is 18.1. The van der Waals surface area contributed by atoms with Crippen molar-refractivity contribution < 1.29 is 19.0 Å². The van der Waals surface area contributed by atoms with E-state index in [0.717, 1.165) is 22.6 Å². The number of hydrogen-bond donors (Lipinski definition) is 0. The van der Waals surface area contributed by atoms with Gasteiger partial charge in [-0.15, -0.1) is 0 Å². The van der Waals surface area contributed by atoms with Crippen LogP contribution in [0, 0.1) is 0 Å². The van der Waals surface area contributed by atoms with Crippen LogP contribution in [0.25, 0.3) is 11.8 Å². The number of carbonyl (C=O) groups is 1. The van der Waals surface area contributed by atoms with Crippen molar-refractivity contribution in [3.8, 4) is 17.2 Å². The molecule has 2 aliphatic rings. The second-order valence-corrected chi connectivity index (χ2v) is 7.75. The van der Waals surface area contributed by atoms with Gasteiger partial charge in [-0.2, -0.15) is 0 Å². The van der Waals surface area contributed by atoms with E-state index in [1.807, 2.05) is 85.8 Å². The monoisotopic (exact) mass is 445 g/mol. The fourth-order valence-electron chi connectivity index (χ4n) is 3.74. The van der Waals surface area contributed by atoms with Crippen LogP contribution in [0.1, 0.15) is 18.1 Å². The average molecular weight is 446 g/mol. The Morgan fingerprint density at radius 3 is 2.50 bits per heavy atom. The third kappa shape index (κ3) is 3.83. The van der Waals surface area contributed by atoms with Gasteiger partial charge in [0, 0.05) is 16.7 Å². The summed E-state index contributed by atoms with van der Waals surface area (Å²) in [6.45, 7) is 2.73. The average Bonchev–Trinajstić information content (AvgIpc) is 3.40. The Morgan fingerprint density at radius 1 is 1.00 bits per heavy atom. The summed E-state index contributed by atoms with van der Waals surface area (Å²) in [5.74, 6) is 1.96. The van der Waals surface area contributed by atoms with E-state index >= 15 is 0 Å². The van der Waals surface area contributed by atoms with Crippen molar-refractivity contribution in [3.05, 3.63) is 94.5 Å². The topological polar surface area (TPSA) is 48.0 Å². The molecule has 0 N–H and O–H groups in total. The number of benzene rings is 3. The standard InChI is InChI=1S/C26H20ClNO4/c1-2-30-22-10-3-17(4-11-22)13-19-14-23(18-5-7-20(27)8-6-18)28(26(19)29)21-9-12-24-25(15-21)32-16-31-24/h3-15H,2,16H2,1H3/b19-13+. The molecule has 3 aromatic rings. The van der Waals surface area contributed by atoms with Crippen LogP contribution in [-0.2, 0) is 4.79 Å². The van der Waals surface area contributed by atoms with Crippen LogP contribution < -0.4 is 19.1 Å². The lowest BCUT2D eigenvalue weighted by Gasteiger charge is -2.21. The molecule has 0 spiro atoms. The van der Waals surface area contributed by atoms with Gasteiger partial charge in [-0.25, -0.2) is 0 Å².